The van der Waals surface area contributed by atoms with Crippen molar-refractivity contribution in [1.29, 1.82) is 0 Å². The van der Waals surface area contributed by atoms with E-state index in [1.165, 1.54) is 34.6 Å². The van der Waals surface area contributed by atoms with Gasteiger partial charge in [0.2, 0.25) is 11.0 Å². The first kappa shape index (κ1) is 20.8. The van der Waals surface area contributed by atoms with E-state index < -0.39 is 0 Å². The summed E-state index contributed by atoms with van der Waals surface area (Å²) in [4.78, 5) is 4.52. The number of thiazole rings is 1. The summed E-state index contributed by atoms with van der Waals surface area (Å²) in [6, 6.07) is 8.45. The maximum Gasteiger partial charge on any atom is 0.230 e. The minimum Gasteiger partial charge on any atom is -0.493 e. The number of benzene rings is 2. The Bertz CT molecular complexity index is 1380. The highest BCUT2D eigenvalue weighted by Crippen LogP contribution is 2.52. The van der Waals surface area contributed by atoms with Crippen LogP contribution in [-0.4, -0.2) is 14.7 Å². The van der Waals surface area contributed by atoms with Gasteiger partial charge in [-0.15, -0.1) is 21.6 Å². The van der Waals surface area contributed by atoms with Gasteiger partial charge in [0, 0.05) is 21.9 Å². The Morgan fingerprint density at radius 1 is 1.19 bits per heavy atom. The van der Waals surface area contributed by atoms with Gasteiger partial charge in [-0.2, -0.15) is 0 Å². The third kappa shape index (κ3) is 3.14. The van der Waals surface area contributed by atoms with Gasteiger partial charge in [-0.25, -0.2) is 9.37 Å². The zero-order valence-corrected chi connectivity index (χ0v) is 19.6. The fraction of sp³-hybridized carbons (Fsp3) is 0.320. The van der Waals surface area contributed by atoms with Crippen molar-refractivity contribution in [3.8, 4) is 17.1 Å². The third-order valence-corrected chi connectivity index (χ3v) is 7.27. The summed E-state index contributed by atoms with van der Waals surface area (Å²) in [5.41, 5.74) is 6.37. The van der Waals surface area contributed by atoms with Crippen LogP contribution >= 0.6 is 11.3 Å². The summed E-state index contributed by atoms with van der Waals surface area (Å²) in [7, 11) is 0. The van der Waals surface area contributed by atoms with E-state index >= 15 is 0 Å². The fourth-order valence-corrected chi connectivity index (χ4v) is 5.59. The van der Waals surface area contributed by atoms with Crippen molar-refractivity contribution < 1.29 is 9.50 Å². The molecule has 164 valence electrons. The first-order valence-corrected chi connectivity index (χ1v) is 11.6. The van der Waals surface area contributed by atoms with Gasteiger partial charge >= 0.3 is 0 Å². The highest BCUT2D eigenvalue weighted by Gasteiger charge is 2.37. The highest BCUT2D eigenvalue weighted by atomic mass is 32.1. The number of nitrogens with zero attached hydrogens (tertiary/aromatic N) is 4. The quantitative estimate of drug-likeness (QED) is 0.324. The zero-order valence-electron chi connectivity index (χ0n) is 18.8. The number of aryl methyl sites for hydroxylation is 2. The van der Waals surface area contributed by atoms with E-state index in [1.807, 2.05) is 9.95 Å². The van der Waals surface area contributed by atoms with E-state index in [-0.39, 0.29) is 17.2 Å². The molecule has 7 heteroatoms. The van der Waals surface area contributed by atoms with Crippen LogP contribution in [0.5, 0.6) is 5.88 Å². The fourth-order valence-electron chi connectivity index (χ4n) is 4.95. The Kier molecular flexibility index (Phi) is 4.71. The van der Waals surface area contributed by atoms with Crippen LogP contribution in [0.25, 0.3) is 22.2 Å². The summed E-state index contributed by atoms with van der Waals surface area (Å²) in [6.45, 7) is 10.7. The van der Waals surface area contributed by atoms with Crippen LogP contribution in [0.2, 0.25) is 0 Å². The molecule has 2 aromatic carbocycles. The number of hydrogen-bond acceptors (Lipinski definition) is 5. The highest BCUT2D eigenvalue weighted by molar-refractivity contribution is 7.13. The first-order valence-electron chi connectivity index (χ1n) is 10.7. The number of hydrogen-bond donors (Lipinski definition) is 1. The van der Waals surface area contributed by atoms with Crippen LogP contribution in [0, 0.1) is 19.7 Å². The van der Waals surface area contributed by atoms with Crippen molar-refractivity contribution in [1.82, 2.24) is 9.55 Å². The van der Waals surface area contributed by atoms with Crippen LogP contribution in [0.3, 0.4) is 0 Å². The van der Waals surface area contributed by atoms with Gasteiger partial charge in [0.05, 0.1) is 11.2 Å². The Morgan fingerprint density at radius 3 is 2.62 bits per heavy atom. The van der Waals surface area contributed by atoms with E-state index in [4.69, 9.17) is 0 Å². The first-order chi connectivity index (χ1) is 15.2. The molecule has 0 spiro atoms. The minimum atomic E-state index is -0.282. The van der Waals surface area contributed by atoms with E-state index in [0.717, 1.165) is 34.1 Å². The predicted molar refractivity (Wildman–Crippen MR) is 127 cm³/mol. The maximum absolute atomic E-state index is 13.2. The third-order valence-electron chi connectivity index (χ3n) is 6.54. The summed E-state index contributed by atoms with van der Waals surface area (Å²) >= 11 is 1.36. The van der Waals surface area contributed by atoms with Gasteiger partial charge < -0.3 is 9.67 Å². The van der Waals surface area contributed by atoms with Gasteiger partial charge in [-0.3, -0.25) is 0 Å². The molecule has 2 aromatic heterocycles. The van der Waals surface area contributed by atoms with E-state index in [1.54, 1.807) is 12.1 Å². The molecule has 0 fully saturated rings. The molecule has 0 aliphatic carbocycles. The largest absolute Gasteiger partial charge is 0.493 e. The molecule has 1 N–H and O–H groups in total. The molecule has 1 unspecified atom stereocenters. The van der Waals surface area contributed by atoms with Crippen molar-refractivity contribution in [2.75, 3.05) is 0 Å². The Balaban J connectivity index is 1.63. The standard InChI is InChI=1S/C25H25FN4OS/c1-13-10-18-14(2)11-25(4,5)30-22(18)20(15(13)3)21(23(30)31)28-29-24-27-19(12-32-24)16-6-8-17(26)9-7-16/h6-10,12,14,31H,11H2,1-5H3. The van der Waals surface area contributed by atoms with Crippen molar-refractivity contribution >= 4 is 33.1 Å². The lowest BCUT2D eigenvalue weighted by Gasteiger charge is -2.37. The van der Waals surface area contributed by atoms with Gasteiger partial charge in [0.1, 0.15) is 5.82 Å². The molecule has 4 aromatic rings. The van der Waals surface area contributed by atoms with Crippen molar-refractivity contribution in [3.05, 3.63) is 58.2 Å². The molecule has 0 amide bonds. The summed E-state index contributed by atoms with van der Waals surface area (Å²) in [5.74, 6) is 0.247. The molecule has 5 nitrogen and oxygen atoms in total. The van der Waals surface area contributed by atoms with Crippen LogP contribution in [0.1, 0.15) is 49.8 Å². The molecular formula is C25H25FN4OS. The zero-order chi connectivity index (χ0) is 22.8. The van der Waals surface area contributed by atoms with E-state index in [9.17, 15) is 9.50 Å². The maximum atomic E-state index is 13.2. The second-order valence-corrected chi connectivity index (χ2v) is 10.1. The summed E-state index contributed by atoms with van der Waals surface area (Å²) in [6.07, 6.45) is 0.934. The van der Waals surface area contributed by atoms with Gasteiger partial charge in [-0.1, -0.05) is 13.0 Å². The smallest absolute Gasteiger partial charge is 0.230 e. The summed E-state index contributed by atoms with van der Waals surface area (Å²) in [5, 5.41) is 23.4. The van der Waals surface area contributed by atoms with Crippen LogP contribution in [-0.2, 0) is 5.54 Å². The minimum absolute atomic E-state index is 0.144. The lowest BCUT2D eigenvalue weighted by atomic mass is 9.81. The molecule has 32 heavy (non-hydrogen) atoms. The Morgan fingerprint density at radius 2 is 1.91 bits per heavy atom. The second-order valence-electron chi connectivity index (χ2n) is 9.28. The average molecular weight is 449 g/mol. The molecule has 1 atom stereocenters. The molecule has 1 aliphatic rings. The number of aromatic hydroxyl groups is 1. The second kappa shape index (κ2) is 7.24. The number of aromatic nitrogens is 2. The molecule has 3 heterocycles. The molecule has 0 saturated heterocycles. The van der Waals surface area contributed by atoms with E-state index in [0.29, 0.717) is 16.7 Å². The number of azo groups is 1. The van der Waals surface area contributed by atoms with Crippen molar-refractivity contribution in [3.63, 3.8) is 0 Å². The van der Waals surface area contributed by atoms with E-state index in [2.05, 4.69) is 55.9 Å². The molecule has 1 aliphatic heterocycles. The molecule has 5 rings (SSSR count). The molecular weight excluding hydrogens is 423 g/mol. The SMILES string of the molecule is Cc1cc2c3c(c1C)c(N=Nc1nc(-c4ccc(F)cc4)cs1)c(O)n3C(C)(C)CC2C. The van der Waals surface area contributed by atoms with Gasteiger partial charge in [0.25, 0.3) is 0 Å². The van der Waals surface area contributed by atoms with Gasteiger partial charge in [-0.05, 0) is 81.0 Å². The Hall–Kier alpha value is -3.06. The molecule has 0 bridgehead atoms. The lowest BCUT2D eigenvalue weighted by molar-refractivity contribution is 0.267. The average Bonchev–Trinajstić information content (AvgIpc) is 3.31. The molecule has 0 radical (unpaired) electrons. The van der Waals surface area contributed by atoms with Crippen molar-refractivity contribution in [2.24, 2.45) is 10.2 Å². The monoisotopic (exact) mass is 448 g/mol. The van der Waals surface area contributed by atoms with Crippen molar-refractivity contribution in [2.45, 2.75) is 52.5 Å². The number of rotatable bonds is 3. The normalized spacial score (nSPS) is 17.5. The predicted octanol–water partition coefficient (Wildman–Crippen LogP) is 7.88. The van der Waals surface area contributed by atoms with Crippen LogP contribution < -0.4 is 0 Å². The topological polar surface area (TPSA) is 62.8 Å². The van der Waals surface area contributed by atoms with Crippen LogP contribution in [0.4, 0.5) is 15.2 Å². The lowest BCUT2D eigenvalue weighted by Crippen LogP contribution is -2.31. The molecule has 0 saturated carbocycles. The van der Waals surface area contributed by atoms with Crippen LogP contribution in [0.15, 0.2) is 45.9 Å². The summed E-state index contributed by atoms with van der Waals surface area (Å²) < 4.78 is 15.2. The number of halogens is 1. The Labute approximate surface area is 190 Å². The van der Waals surface area contributed by atoms with Gasteiger partial charge in [0.15, 0.2) is 5.69 Å².